The van der Waals surface area contributed by atoms with Crippen LogP contribution in [-0.4, -0.2) is 16.1 Å². The normalized spacial score (nSPS) is 15.2. The molecule has 0 aliphatic heterocycles. The number of aromatic carboxylic acids is 1. The van der Waals surface area contributed by atoms with Gasteiger partial charge >= 0.3 is 5.97 Å². The Morgan fingerprint density at radius 1 is 1.31 bits per heavy atom. The summed E-state index contributed by atoms with van der Waals surface area (Å²) >= 11 is 0. The van der Waals surface area contributed by atoms with Crippen LogP contribution in [0, 0.1) is 0 Å². The van der Waals surface area contributed by atoms with Crippen LogP contribution in [0.5, 0.6) is 0 Å². The van der Waals surface area contributed by atoms with Gasteiger partial charge in [0, 0.05) is 11.6 Å². The van der Waals surface area contributed by atoms with Gasteiger partial charge in [-0.1, -0.05) is 0 Å². The highest BCUT2D eigenvalue weighted by atomic mass is 16.4. The Kier molecular flexibility index (Phi) is 1.93. The molecule has 1 N–H and O–H groups in total. The molecule has 1 aliphatic rings. The SMILES string of the molecule is O=C(O)c1ccc2nccc(C3CC3)c2c1. The molecule has 3 heteroatoms. The minimum Gasteiger partial charge on any atom is -0.478 e. The number of carbonyl (C=O) groups is 1. The molecule has 3 nitrogen and oxygen atoms in total. The third kappa shape index (κ3) is 1.45. The molecular formula is C13H11NO2. The van der Waals surface area contributed by atoms with Crippen LogP contribution in [-0.2, 0) is 0 Å². The first-order chi connectivity index (χ1) is 7.75. The Morgan fingerprint density at radius 3 is 2.81 bits per heavy atom. The molecule has 3 rings (SSSR count). The van der Waals surface area contributed by atoms with Gasteiger partial charge in [0.2, 0.25) is 0 Å². The zero-order valence-electron chi connectivity index (χ0n) is 8.68. The molecule has 0 bridgehead atoms. The van der Waals surface area contributed by atoms with Crippen molar-refractivity contribution in [3.63, 3.8) is 0 Å². The van der Waals surface area contributed by atoms with Crippen LogP contribution in [0.4, 0.5) is 0 Å². The third-order valence-electron chi connectivity index (χ3n) is 3.04. The van der Waals surface area contributed by atoms with E-state index in [9.17, 15) is 4.79 Å². The second-order valence-electron chi connectivity index (χ2n) is 4.21. The molecule has 1 saturated carbocycles. The first-order valence-electron chi connectivity index (χ1n) is 5.37. The maximum atomic E-state index is 10.9. The van der Waals surface area contributed by atoms with Crippen molar-refractivity contribution in [1.29, 1.82) is 0 Å². The molecule has 0 unspecified atom stereocenters. The van der Waals surface area contributed by atoms with Crippen molar-refractivity contribution in [3.05, 3.63) is 41.6 Å². The Hall–Kier alpha value is -1.90. The molecule has 0 amide bonds. The molecule has 1 fully saturated rings. The van der Waals surface area contributed by atoms with Crippen LogP contribution in [0.1, 0.15) is 34.7 Å². The molecule has 0 radical (unpaired) electrons. The average Bonchev–Trinajstić information content (AvgIpc) is 3.11. The summed E-state index contributed by atoms with van der Waals surface area (Å²) in [6, 6.07) is 7.13. The summed E-state index contributed by atoms with van der Waals surface area (Å²) in [6.45, 7) is 0. The molecule has 0 atom stereocenters. The van der Waals surface area contributed by atoms with E-state index in [1.807, 2.05) is 6.07 Å². The lowest BCUT2D eigenvalue weighted by Crippen LogP contribution is -1.96. The summed E-state index contributed by atoms with van der Waals surface area (Å²) in [5.74, 6) is -0.276. The average molecular weight is 213 g/mol. The van der Waals surface area contributed by atoms with E-state index in [4.69, 9.17) is 5.11 Å². The van der Waals surface area contributed by atoms with Crippen molar-refractivity contribution < 1.29 is 9.90 Å². The molecule has 1 aromatic heterocycles. The fourth-order valence-electron chi connectivity index (χ4n) is 2.05. The van der Waals surface area contributed by atoms with E-state index in [1.165, 1.54) is 18.4 Å². The highest BCUT2D eigenvalue weighted by molar-refractivity contribution is 5.94. The Bertz CT molecular complexity index is 573. The largest absolute Gasteiger partial charge is 0.478 e. The van der Waals surface area contributed by atoms with Crippen molar-refractivity contribution in [2.45, 2.75) is 18.8 Å². The van der Waals surface area contributed by atoms with Gasteiger partial charge in [-0.05, 0) is 48.6 Å². The fourth-order valence-corrected chi connectivity index (χ4v) is 2.05. The predicted molar refractivity (Wildman–Crippen MR) is 60.7 cm³/mol. The first-order valence-corrected chi connectivity index (χ1v) is 5.37. The summed E-state index contributed by atoms with van der Waals surface area (Å²) in [6.07, 6.45) is 4.21. The van der Waals surface area contributed by atoms with Gasteiger partial charge < -0.3 is 5.11 Å². The number of aromatic nitrogens is 1. The maximum absolute atomic E-state index is 10.9. The van der Waals surface area contributed by atoms with E-state index in [-0.39, 0.29) is 0 Å². The van der Waals surface area contributed by atoms with Crippen molar-refractivity contribution in [1.82, 2.24) is 4.98 Å². The Labute approximate surface area is 92.7 Å². The molecule has 2 aromatic rings. The van der Waals surface area contributed by atoms with E-state index < -0.39 is 5.97 Å². The molecular weight excluding hydrogens is 202 g/mol. The molecule has 1 aliphatic carbocycles. The summed E-state index contributed by atoms with van der Waals surface area (Å²) in [5.41, 5.74) is 2.46. The van der Waals surface area contributed by atoms with E-state index in [0.29, 0.717) is 11.5 Å². The van der Waals surface area contributed by atoms with Crippen LogP contribution in [0.3, 0.4) is 0 Å². The molecule has 1 heterocycles. The lowest BCUT2D eigenvalue weighted by atomic mass is 10.0. The maximum Gasteiger partial charge on any atom is 0.335 e. The van der Waals surface area contributed by atoms with Crippen LogP contribution in [0.15, 0.2) is 30.5 Å². The lowest BCUT2D eigenvalue weighted by molar-refractivity contribution is 0.0697. The fraction of sp³-hybridized carbons (Fsp3) is 0.231. The van der Waals surface area contributed by atoms with Crippen molar-refractivity contribution in [2.75, 3.05) is 0 Å². The Balaban J connectivity index is 2.26. The van der Waals surface area contributed by atoms with Crippen molar-refractivity contribution in [3.8, 4) is 0 Å². The number of hydrogen-bond acceptors (Lipinski definition) is 2. The smallest absolute Gasteiger partial charge is 0.335 e. The number of nitrogens with zero attached hydrogens (tertiary/aromatic N) is 1. The monoisotopic (exact) mass is 213 g/mol. The van der Waals surface area contributed by atoms with E-state index in [2.05, 4.69) is 4.98 Å². The number of rotatable bonds is 2. The van der Waals surface area contributed by atoms with E-state index in [1.54, 1.807) is 24.4 Å². The minimum absolute atomic E-state index is 0.336. The van der Waals surface area contributed by atoms with E-state index >= 15 is 0 Å². The standard InChI is InChI=1S/C13H11NO2/c15-13(16)9-3-4-12-11(7-9)10(5-6-14-12)8-1-2-8/h3-8H,1-2H2,(H,15,16). The van der Waals surface area contributed by atoms with Gasteiger partial charge in [0.25, 0.3) is 0 Å². The topological polar surface area (TPSA) is 50.2 Å². The van der Waals surface area contributed by atoms with Crippen LogP contribution in [0.25, 0.3) is 10.9 Å². The van der Waals surface area contributed by atoms with E-state index in [0.717, 1.165) is 10.9 Å². The van der Waals surface area contributed by atoms with Crippen LogP contribution < -0.4 is 0 Å². The highest BCUT2D eigenvalue weighted by Crippen LogP contribution is 2.42. The summed E-state index contributed by atoms with van der Waals surface area (Å²) in [7, 11) is 0. The number of benzene rings is 1. The third-order valence-corrected chi connectivity index (χ3v) is 3.04. The quantitative estimate of drug-likeness (QED) is 0.834. The summed E-state index contributed by atoms with van der Waals surface area (Å²) < 4.78 is 0. The van der Waals surface area contributed by atoms with Gasteiger partial charge in [0.1, 0.15) is 0 Å². The second-order valence-corrected chi connectivity index (χ2v) is 4.21. The van der Waals surface area contributed by atoms with Crippen LogP contribution in [0.2, 0.25) is 0 Å². The summed E-state index contributed by atoms with van der Waals surface area (Å²) in [4.78, 5) is 15.2. The minimum atomic E-state index is -0.882. The molecule has 1 aromatic carbocycles. The first kappa shape index (κ1) is 9.33. The lowest BCUT2D eigenvalue weighted by Gasteiger charge is -2.05. The zero-order chi connectivity index (χ0) is 11.1. The number of pyridine rings is 1. The van der Waals surface area contributed by atoms with Crippen LogP contribution >= 0.6 is 0 Å². The number of carboxylic acid groups (broad SMARTS) is 1. The Morgan fingerprint density at radius 2 is 2.12 bits per heavy atom. The molecule has 0 spiro atoms. The zero-order valence-corrected chi connectivity index (χ0v) is 8.68. The highest BCUT2D eigenvalue weighted by Gasteiger charge is 2.25. The number of hydrogen-bond donors (Lipinski definition) is 1. The molecule has 16 heavy (non-hydrogen) atoms. The predicted octanol–water partition coefficient (Wildman–Crippen LogP) is 2.81. The number of fused-ring (bicyclic) bond motifs is 1. The van der Waals surface area contributed by atoms with Gasteiger partial charge in [-0.3, -0.25) is 4.98 Å². The van der Waals surface area contributed by atoms with Crippen molar-refractivity contribution >= 4 is 16.9 Å². The molecule has 0 saturated heterocycles. The van der Waals surface area contributed by atoms with Crippen molar-refractivity contribution in [2.24, 2.45) is 0 Å². The molecule has 80 valence electrons. The van der Waals surface area contributed by atoms with Gasteiger partial charge in [-0.2, -0.15) is 0 Å². The van der Waals surface area contributed by atoms with Gasteiger partial charge in [0.05, 0.1) is 11.1 Å². The summed E-state index contributed by atoms with van der Waals surface area (Å²) in [5, 5.41) is 9.96. The van der Waals surface area contributed by atoms with Gasteiger partial charge in [-0.25, -0.2) is 4.79 Å². The van der Waals surface area contributed by atoms with Gasteiger partial charge in [-0.15, -0.1) is 0 Å². The second kappa shape index (κ2) is 3.30. The van der Waals surface area contributed by atoms with Gasteiger partial charge in [0.15, 0.2) is 0 Å². The number of carboxylic acids is 1.